The van der Waals surface area contributed by atoms with Crippen LogP contribution in [0.5, 0.6) is 0 Å². The maximum Gasteiger partial charge on any atom is 0.292 e. The quantitative estimate of drug-likeness (QED) is 0.201. The first-order valence-electron chi connectivity index (χ1n) is 6.03. The highest BCUT2D eigenvalue weighted by molar-refractivity contribution is 7.44. The second kappa shape index (κ2) is 10.4. The molecule has 1 atom stereocenters. The van der Waals surface area contributed by atoms with Crippen LogP contribution in [0.25, 0.3) is 0 Å². The Labute approximate surface area is 111 Å². The zero-order valence-electron chi connectivity index (χ0n) is 11.6. The van der Waals surface area contributed by atoms with Gasteiger partial charge in [0, 0.05) is 12.1 Å². The molecular formula is C12H23N2O3P. The van der Waals surface area contributed by atoms with Gasteiger partial charge in [-0.1, -0.05) is 6.08 Å². The molecule has 0 aliphatic carbocycles. The third kappa shape index (κ3) is 7.05. The van der Waals surface area contributed by atoms with Gasteiger partial charge in [0.15, 0.2) is 0 Å². The molecular weight excluding hydrogens is 251 g/mol. The lowest BCUT2D eigenvalue weighted by atomic mass is 10.3. The summed E-state index contributed by atoms with van der Waals surface area (Å²) < 4.78 is 13.0. The molecule has 0 aromatic rings. The van der Waals surface area contributed by atoms with Crippen molar-refractivity contribution in [3.05, 3.63) is 12.7 Å². The third-order valence-electron chi connectivity index (χ3n) is 1.96. The summed E-state index contributed by atoms with van der Waals surface area (Å²) in [7, 11) is -1.31. The molecule has 0 aromatic carbocycles. The SMILES string of the molecule is C=CCOOP(OCCC#N)N(C(C)C)C(C)C. The van der Waals surface area contributed by atoms with Crippen molar-refractivity contribution in [1.29, 1.82) is 5.26 Å². The van der Waals surface area contributed by atoms with E-state index in [9.17, 15) is 0 Å². The van der Waals surface area contributed by atoms with Gasteiger partial charge in [-0.3, -0.25) is 0 Å². The highest BCUT2D eigenvalue weighted by atomic mass is 31.2. The van der Waals surface area contributed by atoms with E-state index in [1.165, 1.54) is 0 Å². The summed E-state index contributed by atoms with van der Waals surface area (Å²) in [5.41, 5.74) is 0. The van der Waals surface area contributed by atoms with Crippen molar-refractivity contribution < 1.29 is 14.1 Å². The summed E-state index contributed by atoms with van der Waals surface area (Å²) in [4.78, 5) is 5.02. The fourth-order valence-corrected chi connectivity index (χ4v) is 2.80. The van der Waals surface area contributed by atoms with Crippen molar-refractivity contribution in [2.24, 2.45) is 0 Å². The number of nitriles is 1. The Morgan fingerprint density at radius 2 is 1.94 bits per heavy atom. The van der Waals surface area contributed by atoms with E-state index in [-0.39, 0.29) is 12.1 Å². The molecule has 0 aliphatic rings. The van der Waals surface area contributed by atoms with Crippen molar-refractivity contribution >= 4 is 8.53 Å². The van der Waals surface area contributed by atoms with E-state index in [4.69, 9.17) is 19.3 Å². The molecule has 0 aromatic heterocycles. The van der Waals surface area contributed by atoms with Crippen LogP contribution in [-0.4, -0.2) is 30.0 Å². The van der Waals surface area contributed by atoms with Crippen LogP contribution in [0.4, 0.5) is 0 Å². The van der Waals surface area contributed by atoms with Gasteiger partial charge in [-0.25, -0.2) is 9.56 Å². The third-order valence-corrected chi connectivity index (χ3v) is 3.90. The van der Waals surface area contributed by atoms with Gasteiger partial charge >= 0.3 is 0 Å². The van der Waals surface area contributed by atoms with Gasteiger partial charge < -0.3 is 4.52 Å². The zero-order valence-corrected chi connectivity index (χ0v) is 12.5. The Balaban J connectivity index is 4.48. The molecule has 104 valence electrons. The largest absolute Gasteiger partial charge is 0.319 e. The van der Waals surface area contributed by atoms with Gasteiger partial charge in [0.2, 0.25) is 0 Å². The van der Waals surface area contributed by atoms with E-state index < -0.39 is 8.53 Å². The molecule has 0 amide bonds. The van der Waals surface area contributed by atoms with E-state index in [1.54, 1.807) is 6.08 Å². The first kappa shape index (κ1) is 17.5. The number of hydrogen-bond donors (Lipinski definition) is 0. The van der Waals surface area contributed by atoms with E-state index in [1.807, 2.05) is 6.07 Å². The van der Waals surface area contributed by atoms with Crippen molar-refractivity contribution in [1.82, 2.24) is 4.67 Å². The predicted octanol–water partition coefficient (Wildman–Crippen LogP) is 3.40. The Bertz CT molecular complexity index is 259. The minimum absolute atomic E-state index is 0.269. The zero-order chi connectivity index (χ0) is 14.0. The average molecular weight is 274 g/mol. The van der Waals surface area contributed by atoms with Crippen LogP contribution in [0.1, 0.15) is 34.1 Å². The molecule has 0 heterocycles. The van der Waals surface area contributed by atoms with E-state index in [2.05, 4.69) is 38.9 Å². The van der Waals surface area contributed by atoms with E-state index in [0.29, 0.717) is 19.6 Å². The Kier molecular flexibility index (Phi) is 10.1. The van der Waals surface area contributed by atoms with Gasteiger partial charge in [-0.05, 0) is 27.7 Å². The number of rotatable bonds is 10. The van der Waals surface area contributed by atoms with Crippen LogP contribution < -0.4 is 0 Å². The summed E-state index contributed by atoms with van der Waals surface area (Å²) in [5.74, 6) is 0. The molecule has 0 radical (unpaired) electrons. The predicted molar refractivity (Wildman–Crippen MR) is 72.4 cm³/mol. The Morgan fingerprint density at radius 3 is 2.39 bits per heavy atom. The first-order valence-corrected chi connectivity index (χ1v) is 7.16. The fraction of sp³-hybridized carbons (Fsp3) is 0.750. The second-order valence-electron chi connectivity index (χ2n) is 4.19. The molecule has 18 heavy (non-hydrogen) atoms. The molecule has 0 spiro atoms. The number of nitrogens with zero attached hydrogens (tertiary/aromatic N) is 2. The summed E-state index contributed by atoms with van der Waals surface area (Å²) in [6, 6.07) is 2.58. The van der Waals surface area contributed by atoms with Crippen LogP contribution in [-0.2, 0) is 14.1 Å². The topological polar surface area (TPSA) is 54.7 Å². The molecule has 0 saturated carbocycles. The van der Waals surface area contributed by atoms with Gasteiger partial charge in [0.25, 0.3) is 8.53 Å². The Hall–Kier alpha value is -0.500. The van der Waals surface area contributed by atoms with Crippen LogP contribution in [0, 0.1) is 11.3 Å². The lowest BCUT2D eigenvalue weighted by molar-refractivity contribution is -0.203. The lowest BCUT2D eigenvalue weighted by Gasteiger charge is -2.34. The highest BCUT2D eigenvalue weighted by Gasteiger charge is 2.28. The van der Waals surface area contributed by atoms with E-state index >= 15 is 0 Å². The molecule has 0 rings (SSSR count). The van der Waals surface area contributed by atoms with Crippen molar-refractivity contribution in [2.75, 3.05) is 13.2 Å². The minimum Gasteiger partial charge on any atom is -0.319 e. The fourth-order valence-electron chi connectivity index (χ4n) is 1.39. The maximum absolute atomic E-state index is 8.53. The van der Waals surface area contributed by atoms with Crippen LogP contribution in [0.2, 0.25) is 0 Å². The summed E-state index contributed by atoms with van der Waals surface area (Å²) in [6.07, 6.45) is 1.95. The summed E-state index contributed by atoms with van der Waals surface area (Å²) in [5, 5.41) is 8.53. The molecule has 0 aliphatic heterocycles. The summed E-state index contributed by atoms with van der Waals surface area (Å²) >= 11 is 0. The van der Waals surface area contributed by atoms with Crippen LogP contribution in [0.3, 0.4) is 0 Å². The van der Waals surface area contributed by atoms with Gasteiger partial charge in [0.1, 0.15) is 6.61 Å². The molecule has 0 saturated heterocycles. The molecule has 0 bridgehead atoms. The molecule has 0 N–H and O–H groups in total. The smallest absolute Gasteiger partial charge is 0.292 e. The monoisotopic (exact) mass is 274 g/mol. The molecule has 6 heteroatoms. The molecule has 1 unspecified atom stereocenters. The highest BCUT2D eigenvalue weighted by Crippen LogP contribution is 2.46. The van der Waals surface area contributed by atoms with Gasteiger partial charge in [0.05, 0.1) is 19.1 Å². The van der Waals surface area contributed by atoms with Gasteiger partial charge in [-0.15, -0.1) is 6.58 Å². The average Bonchev–Trinajstić information content (AvgIpc) is 2.28. The molecule has 5 nitrogen and oxygen atoms in total. The normalized spacial score (nSPS) is 13.0. The Morgan fingerprint density at radius 1 is 1.33 bits per heavy atom. The molecule has 0 fully saturated rings. The van der Waals surface area contributed by atoms with Crippen LogP contribution >= 0.6 is 8.53 Å². The van der Waals surface area contributed by atoms with Crippen molar-refractivity contribution in [3.63, 3.8) is 0 Å². The standard InChI is InChI=1S/C12H23N2O3P/c1-6-9-15-17-18(16-10-7-8-13)14(11(2)3)12(4)5/h6,11-12H,1,7,9-10H2,2-5H3. The minimum atomic E-state index is -1.31. The number of hydrogen-bond acceptors (Lipinski definition) is 5. The van der Waals surface area contributed by atoms with Crippen molar-refractivity contribution in [3.8, 4) is 6.07 Å². The van der Waals surface area contributed by atoms with Gasteiger partial charge in [-0.2, -0.15) is 9.94 Å². The summed E-state index contributed by atoms with van der Waals surface area (Å²) in [6.45, 7) is 12.5. The second-order valence-corrected chi connectivity index (χ2v) is 5.54. The maximum atomic E-state index is 8.53. The first-order chi connectivity index (χ1) is 8.54. The van der Waals surface area contributed by atoms with Crippen molar-refractivity contribution in [2.45, 2.75) is 46.2 Å². The van der Waals surface area contributed by atoms with E-state index in [0.717, 1.165) is 0 Å². The lowest BCUT2D eigenvalue weighted by Crippen LogP contribution is -2.33. The van der Waals surface area contributed by atoms with Crippen LogP contribution in [0.15, 0.2) is 12.7 Å².